The predicted octanol–water partition coefficient (Wildman–Crippen LogP) is 2.24. The first kappa shape index (κ1) is 21.2. The number of carbonyl (C=O) groups excluding carboxylic acids is 1. The number of fused-ring (bicyclic) bond motifs is 1. The van der Waals surface area contributed by atoms with Crippen LogP contribution >= 0.6 is 11.6 Å². The van der Waals surface area contributed by atoms with E-state index in [4.69, 9.17) is 21.6 Å². The fourth-order valence-electron chi connectivity index (χ4n) is 3.59. The van der Waals surface area contributed by atoms with Crippen molar-refractivity contribution in [3.63, 3.8) is 0 Å². The Balaban J connectivity index is 1.74. The lowest BCUT2D eigenvalue weighted by molar-refractivity contribution is -0.119. The zero-order valence-corrected chi connectivity index (χ0v) is 18.8. The number of nitrogens with one attached hydrogen (secondary N) is 2. The molecule has 4 rings (SSSR count). The van der Waals surface area contributed by atoms with E-state index in [1.54, 1.807) is 23.0 Å². The molecule has 1 atom stereocenters. The van der Waals surface area contributed by atoms with Crippen molar-refractivity contribution in [2.45, 2.75) is 52.2 Å². The number of hydrogen-bond acceptors (Lipinski definition) is 8. The lowest BCUT2D eigenvalue weighted by Crippen LogP contribution is -2.36. The number of anilines is 2. The molecule has 3 aromatic rings. The third-order valence-corrected chi connectivity index (χ3v) is 5.20. The van der Waals surface area contributed by atoms with Crippen LogP contribution in [0.2, 0.25) is 5.02 Å². The zero-order chi connectivity index (χ0) is 22.2. The second-order valence-corrected chi connectivity index (χ2v) is 9.14. The molecule has 1 aliphatic heterocycles. The molecule has 10 nitrogen and oxygen atoms in total. The van der Waals surface area contributed by atoms with Gasteiger partial charge in [0.05, 0.1) is 17.3 Å². The summed E-state index contributed by atoms with van der Waals surface area (Å²) in [6, 6.07) is 3.65. The van der Waals surface area contributed by atoms with E-state index in [9.17, 15) is 4.79 Å². The zero-order valence-electron chi connectivity index (χ0n) is 18.1. The highest BCUT2D eigenvalue weighted by Crippen LogP contribution is 2.28. The van der Waals surface area contributed by atoms with Gasteiger partial charge in [-0.3, -0.25) is 9.78 Å². The summed E-state index contributed by atoms with van der Waals surface area (Å²) in [4.78, 5) is 27.4. The Labute approximate surface area is 185 Å². The average Bonchev–Trinajstić information content (AvgIpc) is 3.29. The van der Waals surface area contributed by atoms with Crippen LogP contribution in [0, 0.1) is 0 Å². The number of halogens is 1. The van der Waals surface area contributed by atoms with Crippen LogP contribution in [-0.2, 0) is 11.3 Å². The van der Waals surface area contributed by atoms with Gasteiger partial charge in [0.15, 0.2) is 17.0 Å². The molecule has 1 unspecified atom stereocenters. The molecule has 0 aromatic carbocycles. The molecule has 0 radical (unpaired) electrons. The standard InChI is InChI=1S/C20H26ClN9O/c1-12(31)23-13-7-9-29(10-13)17-16-18(25-19(24-17)26-20(2,3)4)30(28-27-16)11-15-14(21)6-5-8-22-15/h5-6,8,13H,7,9-11H2,1-4H3,(H,23,31)(H,24,25,26). The maximum Gasteiger partial charge on any atom is 0.227 e. The number of nitrogens with zero attached hydrogens (tertiary/aromatic N) is 7. The van der Waals surface area contributed by atoms with Gasteiger partial charge in [0.2, 0.25) is 11.9 Å². The van der Waals surface area contributed by atoms with Crippen molar-refractivity contribution in [2.24, 2.45) is 0 Å². The largest absolute Gasteiger partial charge is 0.352 e. The summed E-state index contributed by atoms with van der Waals surface area (Å²) < 4.78 is 1.68. The molecule has 3 aromatic heterocycles. The highest BCUT2D eigenvalue weighted by molar-refractivity contribution is 6.31. The first-order chi connectivity index (χ1) is 14.7. The molecule has 1 saturated heterocycles. The maximum absolute atomic E-state index is 11.5. The van der Waals surface area contributed by atoms with Crippen LogP contribution in [0.3, 0.4) is 0 Å². The van der Waals surface area contributed by atoms with Crippen LogP contribution in [0.4, 0.5) is 11.8 Å². The Morgan fingerprint density at radius 2 is 2.13 bits per heavy atom. The van der Waals surface area contributed by atoms with E-state index in [2.05, 4.69) is 30.8 Å². The maximum atomic E-state index is 11.5. The van der Waals surface area contributed by atoms with Crippen LogP contribution in [0.1, 0.15) is 39.8 Å². The van der Waals surface area contributed by atoms with Gasteiger partial charge in [0, 0.05) is 37.8 Å². The first-order valence-electron chi connectivity index (χ1n) is 10.2. The molecule has 11 heteroatoms. The summed E-state index contributed by atoms with van der Waals surface area (Å²) in [6.07, 6.45) is 2.53. The van der Waals surface area contributed by atoms with Gasteiger partial charge >= 0.3 is 0 Å². The smallest absolute Gasteiger partial charge is 0.227 e. The van der Waals surface area contributed by atoms with Crippen LogP contribution in [0.5, 0.6) is 0 Å². The van der Waals surface area contributed by atoms with E-state index in [1.807, 2.05) is 20.8 Å². The first-order valence-corrected chi connectivity index (χ1v) is 10.6. The normalized spacial score (nSPS) is 16.7. The summed E-state index contributed by atoms with van der Waals surface area (Å²) >= 11 is 6.29. The van der Waals surface area contributed by atoms with Gasteiger partial charge in [-0.15, -0.1) is 5.10 Å². The monoisotopic (exact) mass is 443 g/mol. The SMILES string of the molecule is CC(=O)NC1CCN(c2nc(NC(C)(C)C)nc3c2nnn3Cc2ncccc2Cl)C1. The third-order valence-electron chi connectivity index (χ3n) is 4.86. The quantitative estimate of drug-likeness (QED) is 0.617. The van der Waals surface area contributed by atoms with Gasteiger partial charge in [-0.25, -0.2) is 4.68 Å². The summed E-state index contributed by atoms with van der Waals surface area (Å²) in [5.74, 6) is 1.16. The minimum atomic E-state index is -0.225. The molecule has 0 bridgehead atoms. The molecule has 0 saturated carbocycles. The summed E-state index contributed by atoms with van der Waals surface area (Å²) in [5.41, 5.74) is 1.67. The highest BCUT2D eigenvalue weighted by atomic mass is 35.5. The molecule has 4 heterocycles. The van der Waals surface area contributed by atoms with Crippen molar-refractivity contribution >= 4 is 40.4 Å². The third kappa shape index (κ3) is 4.84. The Morgan fingerprint density at radius 1 is 1.32 bits per heavy atom. The molecule has 1 amide bonds. The molecule has 2 N–H and O–H groups in total. The number of amides is 1. The fourth-order valence-corrected chi connectivity index (χ4v) is 3.78. The van der Waals surface area contributed by atoms with E-state index in [1.165, 1.54) is 6.92 Å². The van der Waals surface area contributed by atoms with Crippen LogP contribution in [0.25, 0.3) is 11.2 Å². The Kier molecular flexibility index (Phi) is 5.65. The van der Waals surface area contributed by atoms with Crippen molar-refractivity contribution in [1.29, 1.82) is 0 Å². The number of aromatic nitrogens is 6. The van der Waals surface area contributed by atoms with Gasteiger partial charge < -0.3 is 15.5 Å². The van der Waals surface area contributed by atoms with E-state index in [0.29, 0.717) is 46.7 Å². The van der Waals surface area contributed by atoms with Crippen LogP contribution in [-0.4, -0.2) is 60.5 Å². The molecule has 1 fully saturated rings. The van der Waals surface area contributed by atoms with Crippen molar-refractivity contribution in [3.05, 3.63) is 29.0 Å². The van der Waals surface area contributed by atoms with Gasteiger partial charge in [-0.05, 0) is 39.3 Å². The number of hydrogen-bond donors (Lipinski definition) is 2. The second kappa shape index (κ2) is 8.26. The van der Waals surface area contributed by atoms with E-state index < -0.39 is 0 Å². The Morgan fingerprint density at radius 3 is 2.84 bits per heavy atom. The van der Waals surface area contributed by atoms with E-state index >= 15 is 0 Å². The average molecular weight is 444 g/mol. The minimum Gasteiger partial charge on any atom is -0.352 e. The van der Waals surface area contributed by atoms with Gasteiger partial charge in [-0.1, -0.05) is 16.8 Å². The number of carbonyl (C=O) groups is 1. The predicted molar refractivity (Wildman–Crippen MR) is 119 cm³/mol. The summed E-state index contributed by atoms with van der Waals surface area (Å²) in [6.45, 7) is 9.43. The van der Waals surface area contributed by atoms with Gasteiger partial charge in [0.1, 0.15) is 0 Å². The highest BCUT2D eigenvalue weighted by Gasteiger charge is 2.28. The van der Waals surface area contributed by atoms with E-state index in [0.717, 1.165) is 13.0 Å². The van der Waals surface area contributed by atoms with Crippen molar-refractivity contribution < 1.29 is 4.79 Å². The lowest BCUT2D eigenvalue weighted by atomic mass is 10.1. The molecule has 0 spiro atoms. The summed E-state index contributed by atoms with van der Waals surface area (Å²) in [5, 5.41) is 15.6. The molecule has 1 aliphatic rings. The molecule has 31 heavy (non-hydrogen) atoms. The van der Waals surface area contributed by atoms with Gasteiger partial charge in [0.25, 0.3) is 0 Å². The Hall–Kier alpha value is -3.01. The molecular weight excluding hydrogens is 418 g/mol. The van der Waals surface area contributed by atoms with E-state index in [-0.39, 0.29) is 17.5 Å². The molecular formula is C20H26ClN9O. The van der Waals surface area contributed by atoms with Crippen molar-refractivity contribution in [2.75, 3.05) is 23.3 Å². The molecule has 0 aliphatic carbocycles. The van der Waals surface area contributed by atoms with Crippen molar-refractivity contribution in [1.82, 2.24) is 35.3 Å². The number of pyridine rings is 1. The Bertz CT molecular complexity index is 1110. The lowest BCUT2D eigenvalue weighted by Gasteiger charge is -2.23. The van der Waals surface area contributed by atoms with Gasteiger partial charge in [-0.2, -0.15) is 9.97 Å². The minimum absolute atomic E-state index is 0.0343. The number of rotatable bonds is 5. The summed E-state index contributed by atoms with van der Waals surface area (Å²) in [7, 11) is 0. The van der Waals surface area contributed by atoms with Crippen LogP contribution < -0.4 is 15.5 Å². The van der Waals surface area contributed by atoms with Crippen LogP contribution in [0.15, 0.2) is 18.3 Å². The fraction of sp³-hybridized carbons (Fsp3) is 0.500. The van der Waals surface area contributed by atoms with Crippen molar-refractivity contribution in [3.8, 4) is 0 Å². The topological polar surface area (TPSA) is 114 Å². The molecule has 164 valence electrons. The second-order valence-electron chi connectivity index (χ2n) is 8.73.